The van der Waals surface area contributed by atoms with E-state index in [1.807, 2.05) is 19.9 Å². The van der Waals surface area contributed by atoms with Crippen LogP contribution in [0.15, 0.2) is 18.5 Å². The minimum Gasteiger partial charge on any atom is -0.335 e. The predicted octanol–water partition coefficient (Wildman–Crippen LogP) is 0.913. The molecule has 0 radical (unpaired) electrons. The van der Waals surface area contributed by atoms with Gasteiger partial charge in [0, 0.05) is 25.0 Å². The van der Waals surface area contributed by atoms with E-state index in [9.17, 15) is 4.79 Å². The van der Waals surface area contributed by atoms with E-state index in [4.69, 9.17) is 5.73 Å². The summed E-state index contributed by atoms with van der Waals surface area (Å²) in [6.45, 7) is 4.30. The number of carbonyl (C=O) groups is 1. The molecule has 0 aromatic carbocycles. The van der Waals surface area contributed by atoms with E-state index in [1.54, 1.807) is 12.4 Å². The monoisotopic (exact) mass is 181 g/mol. The molecule has 1 heterocycles. The van der Waals surface area contributed by atoms with Gasteiger partial charge in [-0.25, -0.2) is 4.79 Å². The van der Waals surface area contributed by atoms with Gasteiger partial charge in [-0.05, 0) is 25.5 Å². The molecule has 4 nitrogen and oxygen atoms in total. The topological polar surface area (TPSA) is 60.0 Å². The van der Waals surface area contributed by atoms with Crippen LogP contribution in [-0.2, 0) is 6.54 Å². The van der Waals surface area contributed by atoms with Crippen LogP contribution < -0.4 is 11.1 Å². The second-order valence-corrected chi connectivity index (χ2v) is 3.24. The van der Waals surface area contributed by atoms with Crippen LogP contribution in [0.1, 0.15) is 19.4 Å². The van der Waals surface area contributed by atoms with E-state index in [0.29, 0.717) is 6.54 Å². The lowest BCUT2D eigenvalue weighted by Crippen LogP contribution is -2.33. The molecule has 1 aromatic heterocycles. The number of hydrogen-bond donors (Lipinski definition) is 2. The standard InChI is InChI=1S/C9H15N3O/c1-7(2)11-9(13)12-4-3-8(5-10)6-12/h3-4,6-7H,5,10H2,1-2H3,(H,11,13). The van der Waals surface area contributed by atoms with Crippen molar-refractivity contribution in [2.45, 2.75) is 26.4 Å². The molecule has 0 saturated heterocycles. The van der Waals surface area contributed by atoms with E-state index < -0.39 is 0 Å². The molecular formula is C9H15N3O. The molecule has 0 aliphatic heterocycles. The lowest BCUT2D eigenvalue weighted by Gasteiger charge is -2.07. The molecule has 3 N–H and O–H groups in total. The van der Waals surface area contributed by atoms with Gasteiger partial charge in [0.15, 0.2) is 0 Å². The van der Waals surface area contributed by atoms with Gasteiger partial charge in [0.1, 0.15) is 0 Å². The fourth-order valence-corrected chi connectivity index (χ4v) is 1.01. The lowest BCUT2D eigenvalue weighted by atomic mass is 10.3. The number of rotatable bonds is 2. The van der Waals surface area contributed by atoms with Crippen molar-refractivity contribution in [3.63, 3.8) is 0 Å². The first-order chi connectivity index (χ1) is 6.13. The molecule has 0 bridgehead atoms. The second kappa shape index (κ2) is 4.09. The fourth-order valence-electron chi connectivity index (χ4n) is 1.01. The molecule has 0 unspecified atom stereocenters. The van der Waals surface area contributed by atoms with Gasteiger partial charge in [-0.2, -0.15) is 0 Å². The molecule has 0 fully saturated rings. The van der Waals surface area contributed by atoms with Gasteiger partial charge in [-0.15, -0.1) is 0 Å². The summed E-state index contributed by atoms with van der Waals surface area (Å²) in [5, 5.41) is 2.78. The molecule has 0 spiro atoms. The third kappa shape index (κ3) is 2.59. The van der Waals surface area contributed by atoms with Crippen LogP contribution in [-0.4, -0.2) is 16.6 Å². The summed E-state index contributed by atoms with van der Waals surface area (Å²) in [5.74, 6) is 0. The Morgan fingerprint density at radius 3 is 2.85 bits per heavy atom. The van der Waals surface area contributed by atoms with Crippen LogP contribution in [0.2, 0.25) is 0 Å². The van der Waals surface area contributed by atoms with Crippen LogP contribution in [0, 0.1) is 0 Å². The number of nitrogens with two attached hydrogens (primary N) is 1. The van der Waals surface area contributed by atoms with Crippen molar-refractivity contribution in [2.75, 3.05) is 0 Å². The minimum atomic E-state index is -0.116. The normalized spacial score (nSPS) is 10.5. The summed E-state index contributed by atoms with van der Waals surface area (Å²) in [5.41, 5.74) is 6.38. The zero-order valence-corrected chi connectivity index (χ0v) is 7.95. The Morgan fingerprint density at radius 2 is 2.38 bits per heavy atom. The quantitative estimate of drug-likeness (QED) is 0.712. The van der Waals surface area contributed by atoms with E-state index in [0.717, 1.165) is 5.56 Å². The lowest BCUT2D eigenvalue weighted by molar-refractivity contribution is 0.240. The Hall–Kier alpha value is -1.29. The van der Waals surface area contributed by atoms with Crippen LogP contribution in [0.25, 0.3) is 0 Å². The molecule has 13 heavy (non-hydrogen) atoms. The van der Waals surface area contributed by atoms with Gasteiger partial charge in [0.05, 0.1) is 0 Å². The minimum absolute atomic E-state index is 0.116. The van der Waals surface area contributed by atoms with E-state index in [1.165, 1.54) is 4.57 Å². The number of nitrogens with zero attached hydrogens (tertiary/aromatic N) is 1. The molecule has 0 atom stereocenters. The Kier molecular flexibility index (Phi) is 3.08. The van der Waals surface area contributed by atoms with Crippen LogP contribution in [0.5, 0.6) is 0 Å². The van der Waals surface area contributed by atoms with Crippen molar-refractivity contribution in [2.24, 2.45) is 5.73 Å². The number of aromatic nitrogens is 1. The smallest absolute Gasteiger partial charge is 0.325 e. The van der Waals surface area contributed by atoms with Gasteiger partial charge >= 0.3 is 6.03 Å². The maximum atomic E-state index is 11.4. The Bertz CT molecular complexity index is 291. The molecule has 0 aliphatic rings. The fraction of sp³-hybridized carbons (Fsp3) is 0.444. The average Bonchev–Trinajstić information content (AvgIpc) is 2.50. The highest BCUT2D eigenvalue weighted by Gasteiger charge is 2.05. The van der Waals surface area contributed by atoms with Crippen molar-refractivity contribution in [1.29, 1.82) is 0 Å². The maximum Gasteiger partial charge on any atom is 0.325 e. The second-order valence-electron chi connectivity index (χ2n) is 3.24. The highest BCUT2D eigenvalue weighted by Crippen LogP contribution is 1.99. The maximum absolute atomic E-state index is 11.4. The first kappa shape index (κ1) is 9.80. The van der Waals surface area contributed by atoms with E-state index in [-0.39, 0.29) is 12.1 Å². The summed E-state index contributed by atoms with van der Waals surface area (Å²) >= 11 is 0. The number of hydrogen-bond acceptors (Lipinski definition) is 2. The predicted molar refractivity (Wildman–Crippen MR) is 51.4 cm³/mol. The number of carbonyl (C=O) groups excluding carboxylic acids is 1. The van der Waals surface area contributed by atoms with Crippen molar-refractivity contribution in [3.8, 4) is 0 Å². The average molecular weight is 181 g/mol. The molecule has 4 heteroatoms. The van der Waals surface area contributed by atoms with Gasteiger partial charge in [-0.3, -0.25) is 4.57 Å². The van der Waals surface area contributed by atoms with E-state index in [2.05, 4.69) is 5.32 Å². The summed E-state index contributed by atoms with van der Waals surface area (Å²) in [4.78, 5) is 11.4. The van der Waals surface area contributed by atoms with Crippen LogP contribution >= 0.6 is 0 Å². The molecule has 72 valence electrons. The summed E-state index contributed by atoms with van der Waals surface area (Å²) in [6, 6.07) is 1.87. The molecule has 1 aromatic rings. The highest BCUT2D eigenvalue weighted by atomic mass is 16.2. The zero-order chi connectivity index (χ0) is 9.84. The Labute approximate surface area is 77.7 Å². The van der Waals surface area contributed by atoms with Crippen molar-refractivity contribution in [3.05, 3.63) is 24.0 Å². The first-order valence-electron chi connectivity index (χ1n) is 4.31. The van der Waals surface area contributed by atoms with Crippen molar-refractivity contribution in [1.82, 2.24) is 9.88 Å². The molecule has 1 rings (SSSR count). The summed E-state index contributed by atoms with van der Waals surface area (Å²) < 4.78 is 1.50. The molecular weight excluding hydrogens is 166 g/mol. The van der Waals surface area contributed by atoms with Gasteiger partial charge in [0.2, 0.25) is 0 Å². The third-order valence-corrected chi connectivity index (χ3v) is 1.64. The zero-order valence-electron chi connectivity index (χ0n) is 7.95. The van der Waals surface area contributed by atoms with Gasteiger partial charge in [-0.1, -0.05) is 0 Å². The molecule has 0 saturated carbocycles. The summed E-state index contributed by atoms with van der Waals surface area (Å²) in [6.07, 6.45) is 3.44. The molecule has 1 amide bonds. The Balaban J connectivity index is 2.66. The van der Waals surface area contributed by atoms with Crippen LogP contribution in [0.4, 0.5) is 4.79 Å². The largest absolute Gasteiger partial charge is 0.335 e. The van der Waals surface area contributed by atoms with Crippen molar-refractivity contribution >= 4 is 6.03 Å². The molecule has 0 aliphatic carbocycles. The first-order valence-corrected chi connectivity index (χ1v) is 4.31. The van der Waals surface area contributed by atoms with E-state index >= 15 is 0 Å². The number of amides is 1. The highest BCUT2D eigenvalue weighted by molar-refractivity contribution is 5.77. The number of nitrogens with one attached hydrogen (secondary N) is 1. The third-order valence-electron chi connectivity index (χ3n) is 1.64. The van der Waals surface area contributed by atoms with Gasteiger partial charge in [0.25, 0.3) is 0 Å². The SMILES string of the molecule is CC(C)NC(=O)n1ccc(CN)c1. The van der Waals surface area contributed by atoms with Crippen molar-refractivity contribution < 1.29 is 4.79 Å². The Morgan fingerprint density at radius 1 is 1.69 bits per heavy atom. The van der Waals surface area contributed by atoms with Gasteiger partial charge < -0.3 is 11.1 Å². The van der Waals surface area contributed by atoms with Crippen LogP contribution in [0.3, 0.4) is 0 Å². The summed E-state index contributed by atoms with van der Waals surface area (Å²) in [7, 11) is 0.